The van der Waals surface area contributed by atoms with E-state index in [0.717, 1.165) is 24.8 Å². The molecule has 2 aromatic heterocycles. The SMILES string of the molecule is O=C(NCCc1ccccc1)N1CCC(c2nnc(-c3ccoc3)o2)CC1. The topological polar surface area (TPSA) is 84.4 Å². The molecule has 27 heavy (non-hydrogen) atoms. The second-order valence-electron chi connectivity index (χ2n) is 6.69. The minimum Gasteiger partial charge on any atom is -0.472 e. The van der Waals surface area contributed by atoms with Crippen LogP contribution < -0.4 is 5.32 Å². The number of carbonyl (C=O) groups is 1. The summed E-state index contributed by atoms with van der Waals surface area (Å²) in [5.41, 5.74) is 2.00. The minimum absolute atomic E-state index is 0.00556. The van der Waals surface area contributed by atoms with Crippen molar-refractivity contribution in [2.24, 2.45) is 0 Å². The lowest BCUT2D eigenvalue weighted by Crippen LogP contribution is -2.44. The molecule has 0 spiro atoms. The summed E-state index contributed by atoms with van der Waals surface area (Å²) in [6.07, 6.45) is 5.63. The van der Waals surface area contributed by atoms with Gasteiger partial charge in [0.1, 0.15) is 6.26 Å². The van der Waals surface area contributed by atoms with Gasteiger partial charge >= 0.3 is 6.03 Å². The molecular weight excluding hydrogens is 344 g/mol. The third kappa shape index (κ3) is 4.19. The third-order valence-corrected chi connectivity index (χ3v) is 4.87. The number of carbonyl (C=O) groups excluding carboxylic acids is 1. The number of furan rings is 1. The second kappa shape index (κ2) is 8.07. The zero-order valence-corrected chi connectivity index (χ0v) is 15.0. The molecule has 1 aliphatic heterocycles. The Morgan fingerprint density at radius 3 is 2.70 bits per heavy atom. The highest BCUT2D eigenvalue weighted by molar-refractivity contribution is 5.74. The summed E-state index contributed by atoms with van der Waals surface area (Å²) in [6, 6.07) is 11.9. The summed E-state index contributed by atoms with van der Waals surface area (Å²) in [4.78, 5) is 14.2. The van der Waals surface area contributed by atoms with Crippen molar-refractivity contribution in [1.82, 2.24) is 20.4 Å². The van der Waals surface area contributed by atoms with E-state index in [2.05, 4.69) is 27.6 Å². The first kappa shape index (κ1) is 17.3. The fraction of sp³-hybridized carbons (Fsp3) is 0.350. The normalized spacial score (nSPS) is 15.0. The van der Waals surface area contributed by atoms with Gasteiger partial charge in [-0.05, 0) is 30.9 Å². The molecule has 2 amide bonds. The Labute approximate surface area is 157 Å². The number of likely N-dealkylation sites (tertiary alicyclic amines) is 1. The van der Waals surface area contributed by atoms with E-state index in [1.54, 1.807) is 18.6 Å². The fourth-order valence-electron chi connectivity index (χ4n) is 3.30. The van der Waals surface area contributed by atoms with E-state index in [9.17, 15) is 4.79 Å². The molecule has 0 bridgehead atoms. The van der Waals surface area contributed by atoms with Crippen LogP contribution in [0.1, 0.15) is 30.2 Å². The van der Waals surface area contributed by atoms with Crippen molar-refractivity contribution in [3.8, 4) is 11.5 Å². The molecule has 0 saturated carbocycles. The Hall–Kier alpha value is -3.09. The number of nitrogens with one attached hydrogen (secondary N) is 1. The van der Waals surface area contributed by atoms with Crippen LogP contribution in [-0.4, -0.2) is 40.8 Å². The van der Waals surface area contributed by atoms with Crippen LogP contribution in [-0.2, 0) is 6.42 Å². The first-order valence-corrected chi connectivity index (χ1v) is 9.22. The number of amides is 2. The Kier molecular flexibility index (Phi) is 5.18. The molecule has 3 heterocycles. The average molecular weight is 366 g/mol. The second-order valence-corrected chi connectivity index (χ2v) is 6.69. The smallest absolute Gasteiger partial charge is 0.317 e. The number of benzene rings is 1. The number of aromatic nitrogens is 2. The van der Waals surface area contributed by atoms with Crippen molar-refractivity contribution >= 4 is 6.03 Å². The Morgan fingerprint density at radius 1 is 1.15 bits per heavy atom. The predicted octanol–water partition coefficient (Wildman–Crippen LogP) is 3.46. The zero-order valence-electron chi connectivity index (χ0n) is 15.0. The van der Waals surface area contributed by atoms with Gasteiger partial charge in [0, 0.05) is 25.6 Å². The van der Waals surface area contributed by atoms with E-state index >= 15 is 0 Å². The molecule has 4 rings (SSSR count). The minimum atomic E-state index is -0.00556. The first-order chi connectivity index (χ1) is 13.3. The molecular formula is C20H22N4O3. The highest BCUT2D eigenvalue weighted by Gasteiger charge is 2.27. The van der Waals surface area contributed by atoms with Crippen LogP contribution in [0.25, 0.3) is 11.5 Å². The first-order valence-electron chi connectivity index (χ1n) is 9.22. The van der Waals surface area contributed by atoms with Crippen LogP contribution >= 0.6 is 0 Å². The summed E-state index contributed by atoms with van der Waals surface area (Å²) in [5.74, 6) is 1.29. The summed E-state index contributed by atoms with van der Waals surface area (Å²) < 4.78 is 10.8. The molecule has 7 nitrogen and oxygen atoms in total. The molecule has 1 fully saturated rings. The number of rotatable bonds is 5. The van der Waals surface area contributed by atoms with E-state index in [1.165, 1.54) is 5.56 Å². The quantitative estimate of drug-likeness (QED) is 0.747. The van der Waals surface area contributed by atoms with Gasteiger partial charge in [-0.2, -0.15) is 0 Å². The van der Waals surface area contributed by atoms with E-state index in [4.69, 9.17) is 8.83 Å². The van der Waals surface area contributed by atoms with Gasteiger partial charge in [0.25, 0.3) is 5.89 Å². The monoisotopic (exact) mass is 366 g/mol. The van der Waals surface area contributed by atoms with Crippen LogP contribution in [0, 0.1) is 0 Å². The molecule has 1 saturated heterocycles. The lowest BCUT2D eigenvalue weighted by atomic mass is 9.97. The molecule has 1 aromatic carbocycles. The maximum Gasteiger partial charge on any atom is 0.317 e. The number of nitrogens with zero attached hydrogens (tertiary/aromatic N) is 3. The van der Waals surface area contributed by atoms with E-state index in [-0.39, 0.29) is 11.9 Å². The summed E-state index contributed by atoms with van der Waals surface area (Å²) in [6.45, 7) is 2.01. The van der Waals surface area contributed by atoms with Crippen molar-refractivity contribution in [2.75, 3.05) is 19.6 Å². The van der Waals surface area contributed by atoms with Crippen LogP contribution in [0.2, 0.25) is 0 Å². The highest BCUT2D eigenvalue weighted by Crippen LogP contribution is 2.29. The summed E-state index contributed by atoms with van der Waals surface area (Å²) in [7, 11) is 0. The Morgan fingerprint density at radius 2 is 1.96 bits per heavy atom. The summed E-state index contributed by atoms with van der Waals surface area (Å²) in [5, 5.41) is 11.3. The maximum absolute atomic E-state index is 12.3. The van der Waals surface area contributed by atoms with Gasteiger partial charge in [0.15, 0.2) is 0 Å². The standard InChI is InChI=1S/C20H22N4O3/c25-20(21-10-6-15-4-2-1-3-5-15)24-11-7-16(8-12-24)18-22-23-19(27-18)17-9-13-26-14-17/h1-5,9,13-14,16H,6-8,10-12H2,(H,21,25). The van der Waals surface area contributed by atoms with Crippen molar-refractivity contribution in [1.29, 1.82) is 0 Å². The van der Waals surface area contributed by atoms with Gasteiger partial charge in [-0.1, -0.05) is 30.3 Å². The van der Waals surface area contributed by atoms with Crippen LogP contribution in [0.4, 0.5) is 4.79 Å². The largest absolute Gasteiger partial charge is 0.472 e. The lowest BCUT2D eigenvalue weighted by molar-refractivity contribution is 0.177. The number of hydrogen-bond donors (Lipinski definition) is 1. The highest BCUT2D eigenvalue weighted by atomic mass is 16.4. The van der Waals surface area contributed by atoms with E-state index in [0.29, 0.717) is 31.4 Å². The van der Waals surface area contributed by atoms with Gasteiger partial charge in [-0.3, -0.25) is 0 Å². The van der Waals surface area contributed by atoms with Crippen LogP contribution in [0.5, 0.6) is 0 Å². The van der Waals surface area contributed by atoms with Crippen LogP contribution in [0.15, 0.2) is 57.8 Å². The molecule has 7 heteroatoms. The predicted molar refractivity (Wildman–Crippen MR) is 99.1 cm³/mol. The Balaban J connectivity index is 1.24. The molecule has 0 unspecified atom stereocenters. The molecule has 0 radical (unpaired) electrons. The Bertz CT molecular complexity index is 853. The molecule has 0 aliphatic carbocycles. The van der Waals surface area contributed by atoms with Gasteiger partial charge in [0.2, 0.25) is 5.89 Å². The lowest BCUT2D eigenvalue weighted by Gasteiger charge is -2.30. The maximum atomic E-state index is 12.3. The van der Waals surface area contributed by atoms with Gasteiger partial charge in [-0.15, -0.1) is 10.2 Å². The van der Waals surface area contributed by atoms with Crippen LogP contribution in [0.3, 0.4) is 0 Å². The zero-order chi connectivity index (χ0) is 18.5. The number of hydrogen-bond acceptors (Lipinski definition) is 5. The molecule has 1 aliphatic rings. The third-order valence-electron chi connectivity index (χ3n) is 4.87. The fourth-order valence-corrected chi connectivity index (χ4v) is 3.30. The van der Waals surface area contributed by atoms with Crippen molar-refractivity contribution in [3.05, 3.63) is 60.4 Å². The van der Waals surface area contributed by atoms with Crippen molar-refractivity contribution in [3.63, 3.8) is 0 Å². The van der Waals surface area contributed by atoms with Gasteiger partial charge < -0.3 is 19.1 Å². The number of urea groups is 1. The van der Waals surface area contributed by atoms with Gasteiger partial charge in [0.05, 0.1) is 11.8 Å². The van der Waals surface area contributed by atoms with E-state index in [1.807, 2.05) is 23.1 Å². The molecule has 1 N–H and O–H groups in total. The molecule has 0 atom stereocenters. The van der Waals surface area contributed by atoms with Gasteiger partial charge in [-0.25, -0.2) is 4.79 Å². The van der Waals surface area contributed by atoms with E-state index < -0.39 is 0 Å². The van der Waals surface area contributed by atoms with Crippen molar-refractivity contribution in [2.45, 2.75) is 25.2 Å². The average Bonchev–Trinajstić information content (AvgIpc) is 3.41. The number of piperidine rings is 1. The van der Waals surface area contributed by atoms with Crippen molar-refractivity contribution < 1.29 is 13.6 Å². The molecule has 3 aromatic rings. The molecule has 140 valence electrons. The summed E-state index contributed by atoms with van der Waals surface area (Å²) >= 11 is 0.